The van der Waals surface area contributed by atoms with Gasteiger partial charge in [0.25, 0.3) is 0 Å². The molecule has 2 aromatic carbocycles. The Balaban J connectivity index is 1.71. The Hall–Kier alpha value is -2.89. The maximum atomic E-state index is 11.3. The van der Waals surface area contributed by atoms with Crippen molar-refractivity contribution < 1.29 is 19.0 Å². The number of benzene rings is 2. The molecule has 2 rings (SSSR count). The summed E-state index contributed by atoms with van der Waals surface area (Å²) in [6, 6.07) is 14.8. The molecule has 24 heavy (non-hydrogen) atoms. The second kappa shape index (κ2) is 9.29. The SMILES string of the molecule is CCOC(=O)Nc1ccc(NCCOc2ccc(OC)cc2)cc1. The molecule has 0 aliphatic carbocycles. The topological polar surface area (TPSA) is 68.8 Å². The van der Waals surface area contributed by atoms with Gasteiger partial charge in [0.1, 0.15) is 18.1 Å². The first-order valence-electron chi connectivity index (χ1n) is 7.76. The molecule has 0 fully saturated rings. The molecule has 128 valence electrons. The molecule has 0 spiro atoms. The van der Waals surface area contributed by atoms with E-state index < -0.39 is 6.09 Å². The van der Waals surface area contributed by atoms with E-state index in [0.29, 0.717) is 25.4 Å². The van der Waals surface area contributed by atoms with Gasteiger partial charge in [-0.05, 0) is 55.5 Å². The lowest BCUT2D eigenvalue weighted by atomic mass is 10.3. The van der Waals surface area contributed by atoms with Crippen LogP contribution in [0.15, 0.2) is 48.5 Å². The zero-order valence-corrected chi connectivity index (χ0v) is 13.9. The Bertz CT molecular complexity index is 626. The fraction of sp³-hybridized carbons (Fsp3) is 0.278. The maximum absolute atomic E-state index is 11.3. The van der Waals surface area contributed by atoms with Gasteiger partial charge >= 0.3 is 6.09 Å². The average molecular weight is 330 g/mol. The zero-order chi connectivity index (χ0) is 17.2. The van der Waals surface area contributed by atoms with Gasteiger partial charge in [-0.25, -0.2) is 4.79 Å². The lowest BCUT2D eigenvalue weighted by Gasteiger charge is -2.10. The first kappa shape index (κ1) is 17.5. The highest BCUT2D eigenvalue weighted by molar-refractivity contribution is 5.84. The van der Waals surface area contributed by atoms with Crippen molar-refractivity contribution in [2.24, 2.45) is 0 Å². The summed E-state index contributed by atoms with van der Waals surface area (Å²) >= 11 is 0. The molecule has 0 unspecified atom stereocenters. The van der Waals surface area contributed by atoms with Crippen LogP contribution >= 0.6 is 0 Å². The molecule has 6 heteroatoms. The molecule has 0 saturated carbocycles. The molecule has 2 aromatic rings. The minimum absolute atomic E-state index is 0.347. The summed E-state index contributed by atoms with van der Waals surface area (Å²) < 4.78 is 15.6. The Kier molecular flexibility index (Phi) is 6.76. The third-order valence-corrected chi connectivity index (χ3v) is 3.17. The number of carbonyl (C=O) groups excluding carboxylic acids is 1. The third-order valence-electron chi connectivity index (χ3n) is 3.17. The standard InChI is InChI=1S/C18H22N2O4/c1-3-23-18(21)20-15-6-4-14(5-7-15)19-12-13-24-17-10-8-16(22-2)9-11-17/h4-11,19H,3,12-13H2,1-2H3,(H,20,21). The average Bonchev–Trinajstić information content (AvgIpc) is 2.61. The van der Waals surface area contributed by atoms with Gasteiger partial charge in [-0.1, -0.05) is 0 Å². The molecule has 2 N–H and O–H groups in total. The molecule has 0 aromatic heterocycles. The Morgan fingerprint density at radius 2 is 1.58 bits per heavy atom. The number of ether oxygens (including phenoxy) is 3. The Morgan fingerprint density at radius 1 is 0.958 bits per heavy atom. The summed E-state index contributed by atoms with van der Waals surface area (Å²) in [5.41, 5.74) is 1.64. The fourth-order valence-electron chi connectivity index (χ4n) is 1.99. The number of carbonyl (C=O) groups is 1. The molecule has 1 amide bonds. The van der Waals surface area contributed by atoms with Crippen molar-refractivity contribution in [1.82, 2.24) is 0 Å². The minimum atomic E-state index is -0.453. The molecular formula is C18H22N2O4. The van der Waals surface area contributed by atoms with Crippen LogP contribution in [0.25, 0.3) is 0 Å². The first-order chi connectivity index (χ1) is 11.7. The molecule has 0 aliphatic heterocycles. The van der Waals surface area contributed by atoms with E-state index in [1.54, 1.807) is 14.0 Å². The molecule has 0 bridgehead atoms. The van der Waals surface area contributed by atoms with Gasteiger partial charge in [0.05, 0.1) is 13.7 Å². The van der Waals surface area contributed by atoms with Crippen molar-refractivity contribution in [3.05, 3.63) is 48.5 Å². The van der Waals surface area contributed by atoms with Crippen molar-refractivity contribution in [3.8, 4) is 11.5 Å². The number of anilines is 2. The number of rotatable bonds is 8. The van der Waals surface area contributed by atoms with E-state index in [0.717, 1.165) is 17.2 Å². The van der Waals surface area contributed by atoms with Gasteiger partial charge in [-0.3, -0.25) is 5.32 Å². The monoisotopic (exact) mass is 330 g/mol. The predicted octanol–water partition coefficient (Wildman–Crippen LogP) is 3.75. The summed E-state index contributed by atoms with van der Waals surface area (Å²) in [5.74, 6) is 1.60. The van der Waals surface area contributed by atoms with Crippen LogP contribution < -0.4 is 20.1 Å². The van der Waals surface area contributed by atoms with Crippen LogP contribution in [0.4, 0.5) is 16.2 Å². The molecule has 0 atom stereocenters. The largest absolute Gasteiger partial charge is 0.497 e. The van der Waals surface area contributed by atoms with E-state index in [9.17, 15) is 4.79 Å². The smallest absolute Gasteiger partial charge is 0.411 e. The van der Waals surface area contributed by atoms with Crippen molar-refractivity contribution in [3.63, 3.8) is 0 Å². The van der Waals surface area contributed by atoms with Crippen LogP contribution in [-0.2, 0) is 4.74 Å². The summed E-state index contributed by atoms with van der Waals surface area (Å²) in [7, 11) is 1.63. The normalized spacial score (nSPS) is 9.92. The van der Waals surface area contributed by atoms with Crippen LogP contribution in [-0.4, -0.2) is 33.0 Å². The second-order valence-electron chi connectivity index (χ2n) is 4.87. The van der Waals surface area contributed by atoms with Crippen LogP contribution in [0.2, 0.25) is 0 Å². The molecule has 0 aliphatic rings. The molecular weight excluding hydrogens is 308 g/mol. The van der Waals surface area contributed by atoms with Crippen LogP contribution in [0, 0.1) is 0 Å². The third kappa shape index (κ3) is 5.72. The van der Waals surface area contributed by atoms with Crippen molar-refractivity contribution in [2.45, 2.75) is 6.92 Å². The van der Waals surface area contributed by atoms with E-state index in [4.69, 9.17) is 14.2 Å². The second-order valence-corrected chi connectivity index (χ2v) is 4.87. The number of hydrogen-bond donors (Lipinski definition) is 2. The number of hydrogen-bond acceptors (Lipinski definition) is 5. The minimum Gasteiger partial charge on any atom is -0.497 e. The van der Waals surface area contributed by atoms with E-state index in [-0.39, 0.29) is 0 Å². The lowest BCUT2D eigenvalue weighted by Crippen LogP contribution is -2.13. The van der Waals surface area contributed by atoms with Crippen molar-refractivity contribution >= 4 is 17.5 Å². The summed E-state index contributed by atoms with van der Waals surface area (Å²) in [4.78, 5) is 11.3. The van der Waals surface area contributed by atoms with Gasteiger partial charge in [0, 0.05) is 17.9 Å². The number of nitrogens with one attached hydrogen (secondary N) is 2. The highest BCUT2D eigenvalue weighted by atomic mass is 16.5. The van der Waals surface area contributed by atoms with E-state index in [1.807, 2.05) is 48.5 Å². The van der Waals surface area contributed by atoms with Gasteiger partial charge in [0.2, 0.25) is 0 Å². The van der Waals surface area contributed by atoms with E-state index in [2.05, 4.69) is 10.6 Å². The first-order valence-corrected chi connectivity index (χ1v) is 7.76. The summed E-state index contributed by atoms with van der Waals surface area (Å²) in [6.45, 7) is 3.31. The highest BCUT2D eigenvalue weighted by Crippen LogP contribution is 2.17. The van der Waals surface area contributed by atoms with Crippen molar-refractivity contribution in [1.29, 1.82) is 0 Å². The van der Waals surface area contributed by atoms with E-state index in [1.165, 1.54) is 0 Å². The number of methoxy groups -OCH3 is 1. The molecule has 0 heterocycles. The fourth-order valence-corrected chi connectivity index (χ4v) is 1.99. The lowest BCUT2D eigenvalue weighted by molar-refractivity contribution is 0.168. The van der Waals surface area contributed by atoms with Gasteiger partial charge in [0.15, 0.2) is 0 Å². The van der Waals surface area contributed by atoms with Gasteiger partial charge < -0.3 is 19.5 Å². The van der Waals surface area contributed by atoms with Crippen LogP contribution in [0.3, 0.4) is 0 Å². The Labute approximate surface area is 141 Å². The maximum Gasteiger partial charge on any atom is 0.411 e. The van der Waals surface area contributed by atoms with Crippen LogP contribution in [0.5, 0.6) is 11.5 Å². The van der Waals surface area contributed by atoms with Crippen molar-refractivity contribution in [2.75, 3.05) is 37.5 Å². The number of amides is 1. The van der Waals surface area contributed by atoms with E-state index >= 15 is 0 Å². The predicted molar refractivity (Wildman–Crippen MR) is 94.1 cm³/mol. The van der Waals surface area contributed by atoms with Crippen LogP contribution in [0.1, 0.15) is 6.92 Å². The quantitative estimate of drug-likeness (QED) is 0.721. The van der Waals surface area contributed by atoms with Gasteiger partial charge in [-0.2, -0.15) is 0 Å². The molecule has 0 saturated heterocycles. The van der Waals surface area contributed by atoms with Gasteiger partial charge in [-0.15, -0.1) is 0 Å². The molecule has 6 nitrogen and oxygen atoms in total. The Morgan fingerprint density at radius 3 is 2.21 bits per heavy atom. The summed E-state index contributed by atoms with van der Waals surface area (Å²) in [6.07, 6.45) is -0.453. The summed E-state index contributed by atoms with van der Waals surface area (Å²) in [5, 5.41) is 5.89. The molecule has 0 radical (unpaired) electrons. The highest BCUT2D eigenvalue weighted by Gasteiger charge is 2.01. The zero-order valence-electron chi connectivity index (χ0n) is 13.9.